The Hall–Kier alpha value is -1.77. The Morgan fingerprint density at radius 3 is 2.38 bits per heavy atom. The first kappa shape index (κ1) is 20.5. The van der Waals surface area contributed by atoms with Gasteiger partial charge in [0.05, 0.1) is 22.7 Å². The number of sulfone groups is 1. The van der Waals surface area contributed by atoms with Gasteiger partial charge in [0.25, 0.3) is 0 Å². The van der Waals surface area contributed by atoms with Gasteiger partial charge in [0.2, 0.25) is 5.91 Å². The molecule has 1 aliphatic heterocycles. The lowest BCUT2D eigenvalue weighted by molar-refractivity contribution is -0.137. The molecule has 26 heavy (non-hydrogen) atoms. The first-order valence-corrected chi connectivity index (χ1v) is 10.3. The molecule has 1 N–H and O–H groups in total. The molecule has 0 saturated carbocycles. The Morgan fingerprint density at radius 2 is 1.85 bits per heavy atom. The van der Waals surface area contributed by atoms with Crippen LogP contribution in [-0.4, -0.2) is 38.9 Å². The maximum absolute atomic E-state index is 13.0. The molecule has 0 aliphatic carbocycles. The minimum Gasteiger partial charge on any atom is -0.370 e. The lowest BCUT2D eigenvalue weighted by Gasteiger charge is -2.23. The van der Waals surface area contributed by atoms with Crippen molar-refractivity contribution < 1.29 is 26.4 Å². The molecule has 1 aromatic rings. The Bertz CT molecular complexity index is 755. The molecule has 9 heteroatoms. The fourth-order valence-corrected chi connectivity index (χ4v) is 4.60. The first-order valence-electron chi connectivity index (χ1n) is 8.44. The second-order valence-corrected chi connectivity index (χ2v) is 9.03. The number of alkyl halides is 3. The van der Waals surface area contributed by atoms with Gasteiger partial charge in [0.15, 0.2) is 9.84 Å². The number of carbonyl (C=O) groups is 1. The zero-order valence-electron chi connectivity index (χ0n) is 14.8. The molecular weight excluding hydrogens is 369 g/mol. The van der Waals surface area contributed by atoms with Gasteiger partial charge in [0, 0.05) is 13.1 Å². The zero-order valence-corrected chi connectivity index (χ0v) is 15.6. The van der Waals surface area contributed by atoms with Crippen molar-refractivity contribution in [2.24, 2.45) is 5.92 Å². The van der Waals surface area contributed by atoms with Crippen molar-refractivity contribution >= 4 is 27.1 Å². The molecule has 0 aromatic heterocycles. The molecule has 1 heterocycles. The third kappa shape index (κ3) is 5.62. The molecule has 0 radical (unpaired) electrons. The summed E-state index contributed by atoms with van der Waals surface area (Å²) in [7, 11) is -3.62. The third-order valence-corrected chi connectivity index (χ3v) is 5.86. The molecule has 146 valence electrons. The molecule has 0 atom stereocenters. The Morgan fingerprint density at radius 1 is 1.23 bits per heavy atom. The van der Waals surface area contributed by atoms with Crippen LogP contribution in [-0.2, 0) is 20.8 Å². The number of nitrogens with one attached hydrogen (secondary N) is 1. The highest BCUT2D eigenvalue weighted by Crippen LogP contribution is 2.36. The maximum Gasteiger partial charge on any atom is 0.416 e. The summed E-state index contributed by atoms with van der Waals surface area (Å²) in [4.78, 5) is 14.0. The number of hydrogen-bond acceptors (Lipinski definition) is 4. The van der Waals surface area contributed by atoms with E-state index in [4.69, 9.17) is 0 Å². The van der Waals surface area contributed by atoms with Gasteiger partial charge in [-0.2, -0.15) is 13.2 Å². The zero-order chi connectivity index (χ0) is 19.5. The topological polar surface area (TPSA) is 66.5 Å². The number of benzene rings is 1. The van der Waals surface area contributed by atoms with E-state index in [1.807, 2.05) is 4.90 Å². The molecule has 1 amide bonds. The molecule has 0 bridgehead atoms. The number of nitrogens with zero attached hydrogens (tertiary/aromatic N) is 1. The van der Waals surface area contributed by atoms with Gasteiger partial charge < -0.3 is 10.2 Å². The monoisotopic (exact) mass is 392 g/mol. The van der Waals surface area contributed by atoms with Crippen LogP contribution in [0, 0.1) is 5.92 Å². The maximum atomic E-state index is 13.0. The minimum absolute atomic E-state index is 0.00790. The first-order chi connectivity index (χ1) is 12.0. The highest BCUT2D eigenvalue weighted by molar-refractivity contribution is 7.92. The fraction of sp³-hybridized carbons (Fsp3) is 0.588. The molecular formula is C17H23F3N2O3S. The van der Waals surface area contributed by atoms with Gasteiger partial charge in [-0.3, -0.25) is 4.79 Å². The van der Waals surface area contributed by atoms with E-state index in [9.17, 15) is 26.4 Å². The van der Waals surface area contributed by atoms with E-state index in [0.29, 0.717) is 18.8 Å². The van der Waals surface area contributed by atoms with Crippen LogP contribution in [0.5, 0.6) is 0 Å². The second-order valence-electron chi connectivity index (χ2n) is 6.92. The van der Waals surface area contributed by atoms with E-state index >= 15 is 0 Å². The summed E-state index contributed by atoms with van der Waals surface area (Å²) in [5, 5.41) is 2.37. The molecule has 0 unspecified atom stereocenters. The van der Waals surface area contributed by atoms with Crippen LogP contribution < -0.4 is 10.2 Å². The van der Waals surface area contributed by atoms with Crippen molar-refractivity contribution in [1.29, 1.82) is 0 Å². The largest absolute Gasteiger partial charge is 0.416 e. The predicted molar refractivity (Wildman–Crippen MR) is 95.0 cm³/mol. The van der Waals surface area contributed by atoms with Crippen molar-refractivity contribution in [3.8, 4) is 0 Å². The minimum atomic E-state index is -4.55. The molecule has 5 nitrogen and oxygen atoms in total. The van der Waals surface area contributed by atoms with Crippen molar-refractivity contribution in [3.05, 3.63) is 23.8 Å². The van der Waals surface area contributed by atoms with Gasteiger partial charge in [-0.25, -0.2) is 8.42 Å². The summed E-state index contributed by atoms with van der Waals surface area (Å²) >= 11 is 0. The van der Waals surface area contributed by atoms with Gasteiger partial charge in [-0.15, -0.1) is 0 Å². The average molecular weight is 392 g/mol. The van der Waals surface area contributed by atoms with E-state index in [2.05, 4.69) is 5.32 Å². The summed E-state index contributed by atoms with van der Waals surface area (Å²) < 4.78 is 62.9. The normalized spacial score (nSPS) is 15.5. The highest BCUT2D eigenvalue weighted by atomic mass is 32.2. The van der Waals surface area contributed by atoms with E-state index in [0.717, 1.165) is 25.0 Å². The predicted octanol–water partition coefficient (Wildman–Crippen LogP) is 3.31. The van der Waals surface area contributed by atoms with Crippen LogP contribution in [0.25, 0.3) is 0 Å². The lowest BCUT2D eigenvalue weighted by atomic mass is 10.1. The number of amides is 1. The van der Waals surface area contributed by atoms with E-state index in [-0.39, 0.29) is 17.4 Å². The SMILES string of the molecule is CC(C)CS(=O)(=O)CC(=O)Nc1cc(C(F)(F)F)ccc1N1CCCC1. The summed E-state index contributed by atoms with van der Waals surface area (Å²) in [6.07, 6.45) is -2.72. The smallest absolute Gasteiger partial charge is 0.370 e. The number of anilines is 2. The van der Waals surface area contributed by atoms with Gasteiger partial charge in [0.1, 0.15) is 5.75 Å². The number of rotatable bonds is 6. The van der Waals surface area contributed by atoms with E-state index in [1.165, 1.54) is 6.07 Å². The van der Waals surface area contributed by atoms with Crippen molar-refractivity contribution in [3.63, 3.8) is 0 Å². The number of halogens is 3. The Kier molecular flexibility index (Phi) is 6.21. The quantitative estimate of drug-likeness (QED) is 0.807. The average Bonchev–Trinajstić information content (AvgIpc) is 2.97. The van der Waals surface area contributed by atoms with Gasteiger partial charge in [-0.1, -0.05) is 13.8 Å². The van der Waals surface area contributed by atoms with E-state index < -0.39 is 33.2 Å². The third-order valence-electron chi connectivity index (χ3n) is 3.98. The van der Waals surface area contributed by atoms with Crippen LogP contribution in [0.15, 0.2) is 18.2 Å². The van der Waals surface area contributed by atoms with Crippen LogP contribution in [0.4, 0.5) is 24.5 Å². The van der Waals surface area contributed by atoms with Crippen molar-refractivity contribution in [2.75, 3.05) is 34.8 Å². The van der Waals surface area contributed by atoms with Crippen LogP contribution in [0.3, 0.4) is 0 Å². The molecule has 1 saturated heterocycles. The Balaban J connectivity index is 2.26. The van der Waals surface area contributed by atoms with E-state index in [1.54, 1.807) is 13.8 Å². The van der Waals surface area contributed by atoms with Crippen molar-refractivity contribution in [2.45, 2.75) is 32.9 Å². The molecule has 1 aromatic carbocycles. The Labute approximate surface area is 151 Å². The highest BCUT2D eigenvalue weighted by Gasteiger charge is 2.32. The molecule has 1 aliphatic rings. The lowest BCUT2D eigenvalue weighted by Crippen LogP contribution is -2.28. The van der Waals surface area contributed by atoms with Gasteiger partial charge in [-0.05, 0) is 37.0 Å². The van der Waals surface area contributed by atoms with Crippen LogP contribution in [0.2, 0.25) is 0 Å². The van der Waals surface area contributed by atoms with Gasteiger partial charge >= 0.3 is 6.18 Å². The fourth-order valence-electron chi connectivity index (χ4n) is 3.00. The molecule has 0 spiro atoms. The standard InChI is InChI=1S/C17H23F3N2O3S/c1-12(2)10-26(24,25)11-16(23)21-14-9-13(17(18,19)20)5-6-15(14)22-7-3-4-8-22/h5-6,9,12H,3-4,7-8,10-11H2,1-2H3,(H,21,23). The summed E-state index contributed by atoms with van der Waals surface area (Å²) in [5.74, 6) is -1.87. The summed E-state index contributed by atoms with van der Waals surface area (Å²) in [6, 6.07) is 3.16. The molecule has 2 rings (SSSR count). The summed E-state index contributed by atoms with van der Waals surface area (Å²) in [5.41, 5.74) is -0.419. The summed E-state index contributed by atoms with van der Waals surface area (Å²) in [6.45, 7) is 4.79. The number of hydrogen-bond donors (Lipinski definition) is 1. The van der Waals surface area contributed by atoms with Crippen LogP contribution in [0.1, 0.15) is 32.3 Å². The van der Waals surface area contributed by atoms with Crippen molar-refractivity contribution in [1.82, 2.24) is 0 Å². The van der Waals surface area contributed by atoms with Crippen LogP contribution >= 0.6 is 0 Å². The number of carbonyl (C=O) groups excluding carboxylic acids is 1. The second kappa shape index (κ2) is 7.85. The molecule has 1 fully saturated rings.